The van der Waals surface area contributed by atoms with Gasteiger partial charge in [-0.1, -0.05) is 121 Å². The molecule has 196 valence electrons. The van der Waals surface area contributed by atoms with Crippen molar-refractivity contribution >= 4 is 32.3 Å². The van der Waals surface area contributed by atoms with Crippen LogP contribution in [-0.2, 0) is 0 Å². The Morgan fingerprint density at radius 2 is 0.857 bits per heavy atom. The minimum atomic E-state index is 0.926. The van der Waals surface area contributed by atoms with Crippen LogP contribution in [0, 0.1) is 0 Å². The van der Waals surface area contributed by atoms with E-state index in [0.717, 1.165) is 28.1 Å². The maximum absolute atomic E-state index is 4.89. The van der Waals surface area contributed by atoms with Gasteiger partial charge in [0.25, 0.3) is 0 Å². The molecule has 8 aromatic rings. The van der Waals surface area contributed by atoms with E-state index in [1.807, 2.05) is 30.6 Å². The zero-order valence-electron chi connectivity index (χ0n) is 22.9. The highest BCUT2D eigenvalue weighted by atomic mass is 14.7. The fraction of sp³-hybridized carbons (Fsp3) is 0. The normalized spacial score (nSPS) is 11.3. The van der Waals surface area contributed by atoms with Crippen molar-refractivity contribution in [3.8, 4) is 44.8 Å². The lowest BCUT2D eigenvalue weighted by atomic mass is 9.82. The second-order valence-corrected chi connectivity index (χ2v) is 10.5. The second kappa shape index (κ2) is 10.1. The summed E-state index contributed by atoms with van der Waals surface area (Å²) < 4.78 is 0. The summed E-state index contributed by atoms with van der Waals surface area (Å²) >= 11 is 0. The smallest absolute Gasteiger partial charge is 0.0715 e. The van der Waals surface area contributed by atoms with Gasteiger partial charge in [0, 0.05) is 23.5 Å². The molecule has 2 heterocycles. The molecule has 0 radical (unpaired) electrons. The van der Waals surface area contributed by atoms with Gasteiger partial charge in [0.15, 0.2) is 0 Å². The zero-order valence-corrected chi connectivity index (χ0v) is 22.9. The van der Waals surface area contributed by atoms with Crippen LogP contribution in [0.4, 0.5) is 0 Å². The molecule has 0 aliphatic heterocycles. The highest BCUT2D eigenvalue weighted by Gasteiger charge is 2.22. The van der Waals surface area contributed by atoms with Gasteiger partial charge in [-0.2, -0.15) is 0 Å². The van der Waals surface area contributed by atoms with Gasteiger partial charge in [0.2, 0.25) is 0 Å². The first-order valence-electron chi connectivity index (χ1n) is 14.3. The summed E-state index contributed by atoms with van der Waals surface area (Å²) in [5.41, 5.74) is 8.72. The Morgan fingerprint density at radius 3 is 1.52 bits per heavy atom. The zero-order chi connectivity index (χ0) is 27.9. The minimum Gasteiger partial charge on any atom is -0.256 e. The van der Waals surface area contributed by atoms with Gasteiger partial charge < -0.3 is 0 Å². The van der Waals surface area contributed by atoms with Crippen LogP contribution in [0.5, 0.6) is 0 Å². The van der Waals surface area contributed by atoms with Gasteiger partial charge in [0.05, 0.1) is 11.4 Å². The van der Waals surface area contributed by atoms with E-state index in [0.29, 0.717) is 0 Å². The van der Waals surface area contributed by atoms with E-state index in [9.17, 15) is 0 Å². The van der Waals surface area contributed by atoms with Gasteiger partial charge in [-0.3, -0.25) is 9.97 Å². The van der Waals surface area contributed by atoms with Crippen LogP contribution in [-0.4, -0.2) is 9.97 Å². The SMILES string of the molecule is c1ccc(-c2ccc3c4ccccc4c4ccccc4c3c2-c2cccc(-c3ccccn3)c2-c2ccccn2)cc1. The van der Waals surface area contributed by atoms with E-state index >= 15 is 0 Å². The fourth-order valence-corrected chi connectivity index (χ4v) is 6.42. The number of fused-ring (bicyclic) bond motifs is 6. The first kappa shape index (κ1) is 24.2. The second-order valence-electron chi connectivity index (χ2n) is 10.5. The lowest BCUT2D eigenvalue weighted by Gasteiger charge is -2.21. The summed E-state index contributed by atoms with van der Waals surface area (Å²) in [6.45, 7) is 0. The highest BCUT2D eigenvalue weighted by Crippen LogP contribution is 2.48. The van der Waals surface area contributed by atoms with Crippen molar-refractivity contribution in [2.45, 2.75) is 0 Å². The van der Waals surface area contributed by atoms with Crippen molar-refractivity contribution in [2.75, 3.05) is 0 Å². The van der Waals surface area contributed by atoms with Gasteiger partial charge in [-0.05, 0) is 78.8 Å². The van der Waals surface area contributed by atoms with Crippen LogP contribution in [0.1, 0.15) is 0 Å². The molecule has 0 bridgehead atoms. The maximum atomic E-state index is 4.89. The van der Waals surface area contributed by atoms with Gasteiger partial charge >= 0.3 is 0 Å². The van der Waals surface area contributed by atoms with Gasteiger partial charge in [0.1, 0.15) is 0 Å². The molecule has 0 spiro atoms. The van der Waals surface area contributed by atoms with E-state index in [2.05, 4.69) is 127 Å². The molecule has 2 nitrogen and oxygen atoms in total. The Morgan fingerprint density at radius 1 is 0.310 bits per heavy atom. The van der Waals surface area contributed by atoms with Crippen molar-refractivity contribution in [3.63, 3.8) is 0 Å². The van der Waals surface area contributed by atoms with Crippen molar-refractivity contribution in [2.24, 2.45) is 0 Å². The van der Waals surface area contributed by atoms with Crippen LogP contribution in [0.3, 0.4) is 0 Å². The Hall–Kier alpha value is -5.60. The molecule has 0 aliphatic rings. The lowest BCUT2D eigenvalue weighted by Crippen LogP contribution is -1.97. The first-order chi connectivity index (χ1) is 20.9. The summed E-state index contributed by atoms with van der Waals surface area (Å²) in [5.74, 6) is 0. The standard InChI is InChI=1S/C40H26N2/c1-2-13-27(14-3-1)28-23-24-33-31-17-5-4-15-29(31)30-16-6-7-18-32(30)40(33)39(28)35-20-12-19-34(36-21-8-10-25-41-36)38(35)37-22-9-11-26-42-37/h1-26H. The number of rotatable bonds is 4. The molecule has 0 saturated heterocycles. The third-order valence-electron chi connectivity index (χ3n) is 8.19. The van der Waals surface area contributed by atoms with E-state index in [1.165, 1.54) is 49.0 Å². The Labute approximate surface area is 244 Å². The quantitative estimate of drug-likeness (QED) is 0.210. The Kier molecular flexibility index (Phi) is 5.82. The highest BCUT2D eigenvalue weighted by molar-refractivity contribution is 6.30. The summed E-state index contributed by atoms with van der Waals surface area (Å²) in [4.78, 5) is 9.66. The topological polar surface area (TPSA) is 25.8 Å². The molecular weight excluding hydrogens is 508 g/mol. The summed E-state index contributed by atoms with van der Waals surface area (Å²) in [6.07, 6.45) is 3.73. The van der Waals surface area contributed by atoms with E-state index < -0.39 is 0 Å². The molecule has 0 saturated carbocycles. The third kappa shape index (κ3) is 3.88. The molecular formula is C40H26N2. The van der Waals surface area contributed by atoms with E-state index in [-0.39, 0.29) is 0 Å². The molecule has 0 fully saturated rings. The maximum Gasteiger partial charge on any atom is 0.0715 e. The first-order valence-corrected chi connectivity index (χ1v) is 14.3. The summed E-state index contributed by atoms with van der Waals surface area (Å²) in [6, 6.07) is 51.7. The number of benzene rings is 6. The molecule has 0 N–H and O–H groups in total. The molecule has 0 aliphatic carbocycles. The van der Waals surface area contributed by atoms with Crippen LogP contribution in [0.25, 0.3) is 77.1 Å². The predicted molar refractivity (Wildman–Crippen MR) is 176 cm³/mol. The van der Waals surface area contributed by atoms with Crippen LogP contribution in [0.15, 0.2) is 158 Å². The summed E-state index contributed by atoms with van der Waals surface area (Å²) in [5, 5.41) is 7.52. The van der Waals surface area contributed by atoms with Gasteiger partial charge in [-0.25, -0.2) is 0 Å². The van der Waals surface area contributed by atoms with E-state index in [4.69, 9.17) is 9.97 Å². The Bertz CT molecular complexity index is 2190. The average Bonchev–Trinajstić information content (AvgIpc) is 3.08. The molecule has 42 heavy (non-hydrogen) atoms. The average molecular weight is 535 g/mol. The molecule has 0 atom stereocenters. The van der Waals surface area contributed by atoms with Crippen LogP contribution in [0.2, 0.25) is 0 Å². The minimum absolute atomic E-state index is 0.926. The van der Waals surface area contributed by atoms with Crippen LogP contribution >= 0.6 is 0 Å². The summed E-state index contributed by atoms with van der Waals surface area (Å²) in [7, 11) is 0. The number of pyridine rings is 2. The van der Waals surface area contributed by atoms with Gasteiger partial charge in [-0.15, -0.1) is 0 Å². The number of hydrogen-bond donors (Lipinski definition) is 0. The van der Waals surface area contributed by atoms with Crippen molar-refractivity contribution in [1.29, 1.82) is 0 Å². The van der Waals surface area contributed by atoms with Crippen molar-refractivity contribution in [1.82, 2.24) is 9.97 Å². The monoisotopic (exact) mass is 534 g/mol. The lowest BCUT2D eigenvalue weighted by molar-refractivity contribution is 1.30. The number of aromatic nitrogens is 2. The molecule has 2 heteroatoms. The molecule has 2 aromatic heterocycles. The molecule has 6 aromatic carbocycles. The predicted octanol–water partition coefficient (Wildman–Crippen LogP) is 10.6. The molecule has 0 amide bonds. The molecule has 0 unspecified atom stereocenters. The van der Waals surface area contributed by atoms with Crippen LogP contribution < -0.4 is 0 Å². The largest absolute Gasteiger partial charge is 0.256 e. The third-order valence-corrected chi connectivity index (χ3v) is 8.19. The number of nitrogens with zero attached hydrogens (tertiary/aromatic N) is 2. The van der Waals surface area contributed by atoms with Crippen molar-refractivity contribution in [3.05, 3.63) is 158 Å². The fourth-order valence-electron chi connectivity index (χ4n) is 6.42. The van der Waals surface area contributed by atoms with E-state index in [1.54, 1.807) is 0 Å². The number of hydrogen-bond acceptors (Lipinski definition) is 2. The van der Waals surface area contributed by atoms with Crippen molar-refractivity contribution < 1.29 is 0 Å². The molecule has 8 rings (SSSR count). The Balaban J connectivity index is 1.61.